The monoisotopic (exact) mass is 272 g/mol. The molecule has 0 saturated carbocycles. The van der Waals surface area contributed by atoms with E-state index in [1.54, 1.807) is 0 Å². The summed E-state index contributed by atoms with van der Waals surface area (Å²) >= 11 is 0. The number of pyridine rings is 1. The summed E-state index contributed by atoms with van der Waals surface area (Å²) in [4.78, 5) is 13.4. The first kappa shape index (κ1) is 13.1. The smallest absolute Gasteiger partial charge is 0.227 e. The number of aromatic nitrogens is 3. The van der Waals surface area contributed by atoms with Crippen LogP contribution in [0, 0.1) is 19.8 Å². The Morgan fingerprint density at radius 3 is 2.75 bits per heavy atom. The molecule has 1 aliphatic heterocycles. The van der Waals surface area contributed by atoms with Crippen molar-refractivity contribution in [3.8, 4) is 0 Å². The summed E-state index contributed by atoms with van der Waals surface area (Å²) in [5.74, 6) is 1.59. The van der Waals surface area contributed by atoms with Crippen molar-refractivity contribution in [2.24, 2.45) is 5.92 Å². The molecule has 1 aliphatic rings. The Morgan fingerprint density at radius 2 is 2.05 bits per heavy atom. The van der Waals surface area contributed by atoms with Gasteiger partial charge in [-0.3, -0.25) is 0 Å². The van der Waals surface area contributed by atoms with Crippen molar-refractivity contribution in [2.45, 2.75) is 26.8 Å². The summed E-state index contributed by atoms with van der Waals surface area (Å²) in [6, 6.07) is 2.33. The molecule has 0 radical (unpaired) electrons. The third kappa shape index (κ3) is 2.27. The van der Waals surface area contributed by atoms with Crippen LogP contribution >= 0.6 is 0 Å². The molecular formula is C14H20N6. The second kappa shape index (κ2) is 4.86. The van der Waals surface area contributed by atoms with Crippen molar-refractivity contribution in [1.29, 1.82) is 0 Å². The Bertz CT molecular complexity index is 654. The van der Waals surface area contributed by atoms with Crippen molar-refractivity contribution in [2.75, 3.05) is 24.1 Å². The van der Waals surface area contributed by atoms with Gasteiger partial charge in [-0.15, -0.1) is 0 Å². The molecule has 106 valence electrons. The van der Waals surface area contributed by atoms with E-state index < -0.39 is 0 Å². The maximum atomic E-state index is 6.07. The van der Waals surface area contributed by atoms with Gasteiger partial charge in [-0.05, 0) is 37.9 Å². The summed E-state index contributed by atoms with van der Waals surface area (Å²) < 4.78 is 0. The van der Waals surface area contributed by atoms with E-state index >= 15 is 0 Å². The maximum absolute atomic E-state index is 6.07. The van der Waals surface area contributed by atoms with Gasteiger partial charge < -0.3 is 16.4 Å². The van der Waals surface area contributed by atoms with E-state index in [0.29, 0.717) is 29.4 Å². The molecule has 2 aromatic rings. The Labute approximate surface area is 118 Å². The molecule has 0 aromatic carbocycles. The molecule has 1 fully saturated rings. The fourth-order valence-corrected chi connectivity index (χ4v) is 2.74. The van der Waals surface area contributed by atoms with Crippen LogP contribution in [-0.4, -0.2) is 34.1 Å². The van der Waals surface area contributed by atoms with Gasteiger partial charge in [0.1, 0.15) is 5.82 Å². The molecule has 0 spiro atoms. The van der Waals surface area contributed by atoms with Crippen molar-refractivity contribution in [1.82, 2.24) is 20.3 Å². The van der Waals surface area contributed by atoms with E-state index in [1.807, 2.05) is 19.9 Å². The zero-order chi connectivity index (χ0) is 14.3. The fourth-order valence-electron chi connectivity index (χ4n) is 2.74. The summed E-state index contributed by atoms with van der Waals surface area (Å²) in [7, 11) is 0. The third-order valence-corrected chi connectivity index (χ3v) is 3.85. The molecule has 2 aromatic heterocycles. The molecule has 6 nitrogen and oxygen atoms in total. The summed E-state index contributed by atoms with van der Waals surface area (Å²) in [5.41, 5.74) is 8.74. The molecule has 20 heavy (non-hydrogen) atoms. The van der Waals surface area contributed by atoms with Crippen molar-refractivity contribution in [3.63, 3.8) is 0 Å². The zero-order valence-electron chi connectivity index (χ0n) is 12.1. The van der Waals surface area contributed by atoms with Gasteiger partial charge in [0.2, 0.25) is 5.95 Å². The van der Waals surface area contributed by atoms with Gasteiger partial charge in [-0.2, -0.15) is 9.97 Å². The number of rotatable bonds is 2. The van der Waals surface area contributed by atoms with Crippen molar-refractivity contribution >= 4 is 22.8 Å². The fraction of sp³-hybridized carbons (Fsp3) is 0.500. The molecule has 1 saturated heterocycles. The lowest BCUT2D eigenvalue weighted by Gasteiger charge is -2.17. The van der Waals surface area contributed by atoms with E-state index in [2.05, 4.69) is 32.5 Å². The van der Waals surface area contributed by atoms with E-state index in [0.717, 1.165) is 29.7 Å². The lowest BCUT2D eigenvalue weighted by atomic mass is 10.1. The van der Waals surface area contributed by atoms with E-state index in [-0.39, 0.29) is 0 Å². The van der Waals surface area contributed by atoms with Gasteiger partial charge in [0.25, 0.3) is 0 Å². The highest BCUT2D eigenvalue weighted by Crippen LogP contribution is 2.23. The SMILES string of the molecule is Cc1cc(C)c2c(N)nc(N[C@H]3CNC[C@H]3C)nc2n1. The molecule has 6 heteroatoms. The van der Waals surface area contributed by atoms with Crippen LogP contribution in [0.25, 0.3) is 11.0 Å². The van der Waals surface area contributed by atoms with Crippen LogP contribution in [0.4, 0.5) is 11.8 Å². The van der Waals surface area contributed by atoms with Crippen LogP contribution < -0.4 is 16.4 Å². The van der Waals surface area contributed by atoms with Crippen LogP contribution in [0.5, 0.6) is 0 Å². The van der Waals surface area contributed by atoms with E-state index in [1.165, 1.54) is 0 Å². The van der Waals surface area contributed by atoms with Crippen LogP contribution in [0.2, 0.25) is 0 Å². The number of nitrogens with zero attached hydrogens (tertiary/aromatic N) is 3. The summed E-state index contributed by atoms with van der Waals surface area (Å²) in [5, 5.41) is 7.55. The number of nitrogen functional groups attached to an aromatic ring is 1. The molecule has 4 N–H and O–H groups in total. The molecule has 2 atom stereocenters. The van der Waals surface area contributed by atoms with Crippen molar-refractivity contribution < 1.29 is 0 Å². The van der Waals surface area contributed by atoms with Gasteiger partial charge >= 0.3 is 0 Å². The minimum absolute atomic E-state index is 0.331. The highest BCUT2D eigenvalue weighted by Gasteiger charge is 2.23. The summed E-state index contributed by atoms with van der Waals surface area (Å²) in [6.45, 7) is 8.10. The third-order valence-electron chi connectivity index (χ3n) is 3.85. The number of hydrogen-bond donors (Lipinski definition) is 3. The average molecular weight is 272 g/mol. The second-order valence-corrected chi connectivity index (χ2v) is 5.60. The molecule has 0 aliphatic carbocycles. The van der Waals surface area contributed by atoms with Crippen LogP contribution in [0.3, 0.4) is 0 Å². The highest BCUT2D eigenvalue weighted by molar-refractivity contribution is 5.89. The second-order valence-electron chi connectivity index (χ2n) is 5.60. The van der Waals surface area contributed by atoms with E-state index in [9.17, 15) is 0 Å². The molecular weight excluding hydrogens is 252 g/mol. The first-order chi connectivity index (χ1) is 9.54. The standard InChI is InChI=1S/C14H20N6/c1-7-4-9(3)17-13-11(7)12(15)19-14(20-13)18-10-6-16-5-8(10)2/h4,8,10,16H,5-6H2,1-3H3,(H3,15,17,18,19,20)/t8-,10+/m1/s1. The normalized spacial score (nSPS) is 22.4. The lowest BCUT2D eigenvalue weighted by molar-refractivity contribution is 0.591. The van der Waals surface area contributed by atoms with Gasteiger partial charge in [0.15, 0.2) is 5.65 Å². The minimum atomic E-state index is 0.331. The van der Waals surface area contributed by atoms with E-state index in [4.69, 9.17) is 5.73 Å². The predicted molar refractivity (Wildman–Crippen MR) is 80.7 cm³/mol. The predicted octanol–water partition coefficient (Wildman–Crippen LogP) is 1.24. The average Bonchev–Trinajstić information content (AvgIpc) is 2.73. The maximum Gasteiger partial charge on any atom is 0.227 e. The van der Waals surface area contributed by atoms with Gasteiger partial charge in [0, 0.05) is 18.3 Å². The van der Waals surface area contributed by atoms with Gasteiger partial charge in [-0.25, -0.2) is 4.98 Å². The number of aryl methyl sites for hydroxylation is 2. The van der Waals surface area contributed by atoms with Crippen molar-refractivity contribution in [3.05, 3.63) is 17.3 Å². The Morgan fingerprint density at radius 1 is 1.25 bits per heavy atom. The Balaban J connectivity index is 2.01. The summed E-state index contributed by atoms with van der Waals surface area (Å²) in [6.07, 6.45) is 0. The topological polar surface area (TPSA) is 88.8 Å². The van der Waals surface area contributed by atoms with Crippen LogP contribution in [0.1, 0.15) is 18.2 Å². The van der Waals surface area contributed by atoms with Crippen LogP contribution in [0.15, 0.2) is 6.07 Å². The zero-order valence-corrected chi connectivity index (χ0v) is 12.1. The number of nitrogens with two attached hydrogens (primary N) is 1. The molecule has 3 rings (SSSR count). The number of anilines is 2. The number of nitrogens with one attached hydrogen (secondary N) is 2. The Kier molecular flexibility index (Phi) is 3.17. The lowest BCUT2D eigenvalue weighted by Crippen LogP contribution is -2.28. The minimum Gasteiger partial charge on any atom is -0.383 e. The number of hydrogen-bond acceptors (Lipinski definition) is 6. The molecule has 0 bridgehead atoms. The number of fused-ring (bicyclic) bond motifs is 1. The van der Waals surface area contributed by atoms with Gasteiger partial charge in [0.05, 0.1) is 5.39 Å². The largest absolute Gasteiger partial charge is 0.383 e. The Hall–Kier alpha value is -1.95. The van der Waals surface area contributed by atoms with Gasteiger partial charge in [-0.1, -0.05) is 6.92 Å². The first-order valence-corrected chi connectivity index (χ1v) is 6.93. The van der Waals surface area contributed by atoms with Crippen LogP contribution in [-0.2, 0) is 0 Å². The molecule has 3 heterocycles. The molecule has 0 unspecified atom stereocenters. The quantitative estimate of drug-likeness (QED) is 0.762. The highest BCUT2D eigenvalue weighted by atomic mass is 15.2. The molecule has 0 amide bonds. The first-order valence-electron chi connectivity index (χ1n) is 6.93.